The number of hydrogen-bond acceptors (Lipinski definition) is 12. The van der Waals surface area contributed by atoms with E-state index >= 15 is 0 Å². The van der Waals surface area contributed by atoms with E-state index in [2.05, 4.69) is 173 Å². The predicted molar refractivity (Wildman–Crippen MR) is 387 cm³/mol. The van der Waals surface area contributed by atoms with Crippen molar-refractivity contribution in [1.82, 2.24) is 0 Å². The van der Waals surface area contributed by atoms with Gasteiger partial charge in [-0.3, -0.25) is 9.59 Å². The number of allylic oxidation sites excluding steroid dienone is 6. The Morgan fingerprint density at radius 1 is 0.362 bits per heavy atom. The zero-order valence-electron chi connectivity index (χ0n) is 50.7. The van der Waals surface area contributed by atoms with Gasteiger partial charge in [0.15, 0.2) is 11.6 Å². The van der Waals surface area contributed by atoms with Gasteiger partial charge < -0.3 is 0 Å². The van der Waals surface area contributed by atoms with Crippen LogP contribution in [0.5, 0.6) is 0 Å². The Kier molecular flexibility index (Phi) is 13.2. The molecule has 0 spiro atoms. The molecule has 6 nitrogen and oxygen atoms in total. The fourth-order valence-corrected chi connectivity index (χ4v) is 22.5. The average Bonchev–Trinajstić information content (AvgIpc) is 1.48. The van der Waals surface area contributed by atoms with Crippen LogP contribution in [0.15, 0.2) is 216 Å². The number of aryl methyl sites for hydroxylation is 4. The van der Waals surface area contributed by atoms with Crippen molar-refractivity contribution in [2.45, 2.75) is 38.5 Å². The number of rotatable bonds is 8. The molecular formula is C82H46N4O2S6. The van der Waals surface area contributed by atoms with Crippen molar-refractivity contribution in [3.63, 3.8) is 0 Å². The van der Waals surface area contributed by atoms with Gasteiger partial charge >= 0.3 is 0 Å². The van der Waals surface area contributed by atoms with Gasteiger partial charge in [-0.05, 0) is 150 Å². The Morgan fingerprint density at radius 3 is 1.23 bits per heavy atom. The van der Waals surface area contributed by atoms with Crippen molar-refractivity contribution in [3.05, 3.63) is 315 Å². The molecule has 0 fully saturated rings. The second kappa shape index (κ2) is 21.6. The van der Waals surface area contributed by atoms with Gasteiger partial charge in [-0.1, -0.05) is 168 Å². The summed E-state index contributed by atoms with van der Waals surface area (Å²) in [5.41, 5.74) is 18.9. The summed E-state index contributed by atoms with van der Waals surface area (Å²) in [6.07, 6.45) is 3.69. The zero-order chi connectivity index (χ0) is 64.1. The van der Waals surface area contributed by atoms with E-state index in [1.165, 1.54) is 106 Å². The van der Waals surface area contributed by atoms with E-state index in [0.717, 1.165) is 29.3 Å². The van der Waals surface area contributed by atoms with Gasteiger partial charge in [0.25, 0.3) is 0 Å². The molecule has 0 saturated carbocycles. The number of carbonyl (C=O) groups excluding carboxylic acids is 2. The number of hydrogen-bond donors (Lipinski definition) is 0. The number of Topliss-reactive ketones (excluding diaryl/α,β-unsaturated/α-hetero) is 2. The minimum Gasteiger partial charge on any atom is -0.289 e. The van der Waals surface area contributed by atoms with Crippen LogP contribution in [-0.4, -0.2) is 11.6 Å². The largest absolute Gasteiger partial charge is 0.289 e. The third-order valence-corrected chi connectivity index (χ3v) is 26.6. The van der Waals surface area contributed by atoms with Crippen molar-refractivity contribution in [1.29, 1.82) is 21.0 Å². The normalized spacial score (nSPS) is 15.2. The molecule has 17 rings (SSSR count). The van der Waals surface area contributed by atoms with Crippen LogP contribution in [0.25, 0.3) is 82.5 Å². The van der Waals surface area contributed by atoms with Crippen LogP contribution in [0.1, 0.15) is 108 Å². The van der Waals surface area contributed by atoms with E-state index in [9.17, 15) is 30.6 Å². The Bertz CT molecular complexity index is 5730. The number of nitriles is 4. The van der Waals surface area contributed by atoms with Crippen LogP contribution in [0.3, 0.4) is 0 Å². The van der Waals surface area contributed by atoms with Crippen LogP contribution in [0.4, 0.5) is 0 Å². The van der Waals surface area contributed by atoms with Crippen molar-refractivity contribution in [3.8, 4) is 64.7 Å². The lowest BCUT2D eigenvalue weighted by Crippen LogP contribution is -2.30. The molecule has 0 bridgehead atoms. The summed E-state index contributed by atoms with van der Waals surface area (Å²) >= 11 is 10.6. The maximum absolute atomic E-state index is 14.1. The highest BCUT2D eigenvalue weighted by molar-refractivity contribution is 7.41. The van der Waals surface area contributed by atoms with Gasteiger partial charge in [-0.15, -0.1) is 68.0 Å². The summed E-state index contributed by atoms with van der Waals surface area (Å²) in [4.78, 5) is 36.6. The van der Waals surface area contributed by atoms with Crippen LogP contribution in [0.2, 0.25) is 0 Å². The molecule has 0 N–H and O–H groups in total. The van der Waals surface area contributed by atoms with Gasteiger partial charge in [-0.25, -0.2) is 0 Å². The Labute approximate surface area is 566 Å². The number of nitrogens with zero attached hydrogens (tertiary/aromatic N) is 4. The lowest BCUT2D eigenvalue weighted by molar-refractivity contribution is 0.103. The van der Waals surface area contributed by atoms with Gasteiger partial charge in [0, 0.05) is 82.7 Å². The highest BCUT2D eigenvalue weighted by Gasteiger charge is 2.54. The molecule has 0 radical (unpaired) electrons. The maximum atomic E-state index is 14.1. The van der Waals surface area contributed by atoms with Crippen LogP contribution >= 0.6 is 68.0 Å². The highest BCUT2D eigenvalue weighted by Crippen LogP contribution is 2.68. The van der Waals surface area contributed by atoms with Crippen molar-refractivity contribution >= 4 is 122 Å². The third kappa shape index (κ3) is 8.22. The standard InChI is InChI=1S/C82H46N4O2S6/c1-43-13-21-49(22-14-43)81(50-23-15-44(2)16-24-50)63-36-60-64(35-59(63)76-65(81)37-68(91-76)66-31-29-53(89-66)33-61-71(47(39-83)40-84)55-9-5-7-11-57(55)74(61)87)82(51-25-17-45(3)18-26-51,52-27-19-46(4)20-28-52)73-77(60)94-80-78-70(93-79(73)80)38-69(92-78)67-32-30-54(90-67)34-62-72(48(41-85)42-86)56-10-6-8-12-58(56)75(62)88/h5-38H,1-4H3/b61-33-,62-34-. The number of thiophene rings is 6. The number of carbonyl (C=O) groups is 2. The molecule has 442 valence electrons. The molecule has 13 aromatic rings. The molecule has 6 aromatic heterocycles. The summed E-state index contributed by atoms with van der Waals surface area (Å²) in [5, 5.41) is 40.3. The molecule has 94 heavy (non-hydrogen) atoms. The summed E-state index contributed by atoms with van der Waals surface area (Å²) in [7, 11) is 0. The van der Waals surface area contributed by atoms with Crippen LogP contribution < -0.4 is 0 Å². The van der Waals surface area contributed by atoms with E-state index in [1.54, 1.807) is 52.2 Å². The fraction of sp³-hybridized carbons (Fsp3) is 0.0732. The first-order chi connectivity index (χ1) is 45.8. The molecule has 7 aromatic carbocycles. The molecule has 0 atom stereocenters. The van der Waals surface area contributed by atoms with Crippen molar-refractivity contribution in [2.75, 3.05) is 0 Å². The number of ketones is 2. The van der Waals surface area contributed by atoms with Gasteiger partial charge in [-0.2, -0.15) is 21.0 Å². The van der Waals surface area contributed by atoms with Crippen LogP contribution in [-0.2, 0) is 10.8 Å². The fourth-order valence-electron chi connectivity index (χ4n) is 14.8. The minimum atomic E-state index is -0.746. The second-order valence-corrected chi connectivity index (χ2v) is 30.8. The SMILES string of the molecule is Cc1ccc(C2(c3ccc(C)cc3)c3cc4c(cc3-c3sc(-c5ccc(/C=C6\C(=O)c7ccccc7C6=C(C#N)C#N)s5)cc32)C(c2ccc(C)cc2)(c2ccc(C)cc2)c2c-4sc3c2sc2cc(-c4ccc(/C=C5\C(=O)c6ccccc6C5=C(C#N)C#N)s4)sc23)cc1. The van der Waals surface area contributed by atoms with E-state index in [0.29, 0.717) is 44.5 Å². The third-order valence-electron chi connectivity index (χ3n) is 19.1. The van der Waals surface area contributed by atoms with Gasteiger partial charge in [0.05, 0.1) is 24.9 Å². The highest BCUT2D eigenvalue weighted by atomic mass is 32.1. The second-order valence-electron chi connectivity index (χ2n) is 24.3. The minimum absolute atomic E-state index is 0.0776. The monoisotopic (exact) mass is 1310 g/mol. The molecule has 4 aliphatic rings. The van der Waals surface area contributed by atoms with E-state index in [4.69, 9.17) is 0 Å². The smallest absolute Gasteiger partial charge is 0.194 e. The molecule has 0 amide bonds. The van der Waals surface area contributed by atoms with Crippen molar-refractivity contribution < 1.29 is 9.59 Å². The molecule has 0 aliphatic heterocycles. The van der Waals surface area contributed by atoms with Gasteiger partial charge in [0.2, 0.25) is 0 Å². The average molecular weight is 1310 g/mol. The van der Waals surface area contributed by atoms with Crippen LogP contribution in [0, 0.1) is 73.0 Å². The Balaban J connectivity index is 0.873. The van der Waals surface area contributed by atoms with E-state index < -0.39 is 10.8 Å². The molecule has 4 aliphatic carbocycles. The van der Waals surface area contributed by atoms with E-state index in [1.807, 2.05) is 101 Å². The summed E-state index contributed by atoms with van der Waals surface area (Å²) < 4.78 is 5.00. The first kappa shape index (κ1) is 57.4. The molecule has 0 unspecified atom stereocenters. The first-order valence-electron chi connectivity index (χ1n) is 30.5. The summed E-state index contributed by atoms with van der Waals surface area (Å²) in [5.74, 6) is -0.392. The quantitative estimate of drug-likeness (QED) is 0.110. The summed E-state index contributed by atoms with van der Waals surface area (Å²) in [6.45, 7) is 8.61. The summed E-state index contributed by atoms with van der Waals surface area (Å²) in [6, 6.07) is 77.5. The molecule has 6 heterocycles. The maximum Gasteiger partial charge on any atom is 0.194 e. The predicted octanol–water partition coefficient (Wildman–Crippen LogP) is 21.8. The number of benzene rings is 7. The Hall–Kier alpha value is -10.5. The van der Waals surface area contributed by atoms with Crippen molar-refractivity contribution in [2.24, 2.45) is 0 Å². The topological polar surface area (TPSA) is 129 Å². The zero-order valence-corrected chi connectivity index (χ0v) is 55.6. The number of fused-ring (bicyclic) bond motifs is 12. The van der Waals surface area contributed by atoms with Gasteiger partial charge in [0.1, 0.15) is 35.4 Å². The Morgan fingerprint density at radius 2 is 0.777 bits per heavy atom. The molecular weight excluding hydrogens is 1270 g/mol. The first-order valence-corrected chi connectivity index (χ1v) is 35.4. The lowest BCUT2D eigenvalue weighted by Gasteiger charge is -2.35. The lowest BCUT2D eigenvalue weighted by atomic mass is 9.65. The molecule has 0 saturated heterocycles. The van der Waals surface area contributed by atoms with E-state index in [-0.39, 0.29) is 22.7 Å². The molecule has 12 heteroatoms.